The lowest BCUT2D eigenvalue weighted by molar-refractivity contribution is 0.312. The molecule has 0 radical (unpaired) electrons. The quantitative estimate of drug-likeness (QED) is 0.716. The van der Waals surface area contributed by atoms with Crippen molar-refractivity contribution in [1.82, 2.24) is 19.4 Å². The van der Waals surface area contributed by atoms with Crippen LogP contribution in [-0.4, -0.2) is 87.2 Å². The molecule has 0 spiro atoms. The molecule has 2 aromatic rings. The summed E-state index contributed by atoms with van der Waals surface area (Å²) >= 11 is 0. The molecule has 0 amide bonds. The van der Waals surface area contributed by atoms with Crippen molar-refractivity contribution in [2.75, 3.05) is 69.2 Å². The fourth-order valence-electron chi connectivity index (χ4n) is 3.76. The van der Waals surface area contributed by atoms with Crippen molar-refractivity contribution in [2.24, 2.45) is 0 Å². The molecule has 0 N–H and O–H groups in total. The van der Waals surface area contributed by atoms with Crippen LogP contribution in [0.25, 0.3) is 0 Å². The number of nitrogens with zero attached hydrogens (tertiary/aromatic N) is 6. The summed E-state index contributed by atoms with van der Waals surface area (Å²) in [5.74, 6) is 1.77. The molecule has 0 unspecified atom stereocenters. The first-order chi connectivity index (χ1) is 14.0. The molecule has 1 aromatic heterocycles. The predicted octanol–water partition coefficient (Wildman–Crippen LogP) is 0.880. The van der Waals surface area contributed by atoms with Crippen LogP contribution >= 0.6 is 0 Å². The molecule has 4 rings (SSSR count). The molecule has 9 heteroatoms. The normalized spacial score (nSPS) is 19.5. The molecule has 3 heterocycles. The van der Waals surface area contributed by atoms with E-state index in [4.69, 9.17) is 0 Å². The first-order valence-corrected chi connectivity index (χ1v) is 11.7. The second-order valence-corrected chi connectivity index (χ2v) is 9.64. The lowest BCUT2D eigenvalue weighted by Gasteiger charge is -2.35. The second kappa shape index (κ2) is 8.64. The van der Waals surface area contributed by atoms with Gasteiger partial charge in [0.1, 0.15) is 0 Å². The Morgan fingerprint density at radius 3 is 1.79 bits per heavy atom. The molecule has 2 saturated heterocycles. The third-order valence-corrected chi connectivity index (χ3v) is 7.46. The minimum Gasteiger partial charge on any atom is -0.353 e. The molecule has 0 aliphatic carbocycles. The average molecular weight is 417 g/mol. The number of rotatable bonds is 5. The largest absolute Gasteiger partial charge is 0.353 e. The van der Waals surface area contributed by atoms with E-state index in [1.165, 1.54) is 0 Å². The van der Waals surface area contributed by atoms with Crippen molar-refractivity contribution in [3.8, 4) is 0 Å². The van der Waals surface area contributed by atoms with Crippen molar-refractivity contribution in [1.29, 1.82) is 0 Å². The second-order valence-electron chi connectivity index (χ2n) is 7.67. The zero-order valence-corrected chi connectivity index (χ0v) is 17.6. The average Bonchev–Trinajstić information content (AvgIpc) is 2.75. The lowest BCUT2D eigenvalue weighted by atomic mass is 10.2. The minimum atomic E-state index is -3.31. The Balaban J connectivity index is 1.33. The van der Waals surface area contributed by atoms with Crippen molar-refractivity contribution >= 4 is 21.7 Å². The molecule has 0 bridgehead atoms. The van der Waals surface area contributed by atoms with Crippen LogP contribution in [0.2, 0.25) is 0 Å². The molecule has 2 aliphatic rings. The predicted molar refractivity (Wildman–Crippen MR) is 115 cm³/mol. The number of anilines is 2. The molecule has 156 valence electrons. The standard InChI is InChI=1S/C20H28N6O2S/c1-23-9-11-24(12-10-23)19-7-8-20(22-21-19)25-13-15-26(16-14-25)29(27,28)17-18-5-3-2-4-6-18/h2-8H,9-17H2,1H3. The topological polar surface area (TPSA) is 72.9 Å². The Hall–Kier alpha value is -2.23. The maximum Gasteiger partial charge on any atom is 0.218 e. The monoisotopic (exact) mass is 416 g/mol. The van der Waals surface area contributed by atoms with Crippen molar-refractivity contribution in [2.45, 2.75) is 5.75 Å². The van der Waals surface area contributed by atoms with Crippen LogP contribution < -0.4 is 9.80 Å². The number of benzene rings is 1. The van der Waals surface area contributed by atoms with Gasteiger partial charge in [0.15, 0.2) is 11.6 Å². The van der Waals surface area contributed by atoms with Crippen LogP contribution in [0.15, 0.2) is 42.5 Å². The molecule has 8 nitrogen and oxygen atoms in total. The van der Waals surface area contributed by atoms with Gasteiger partial charge in [0.05, 0.1) is 5.75 Å². The highest BCUT2D eigenvalue weighted by atomic mass is 32.2. The minimum absolute atomic E-state index is 0.0490. The zero-order chi connectivity index (χ0) is 20.3. The third-order valence-electron chi connectivity index (χ3n) is 5.61. The zero-order valence-electron chi connectivity index (χ0n) is 16.8. The number of hydrogen-bond acceptors (Lipinski definition) is 7. The highest BCUT2D eigenvalue weighted by Crippen LogP contribution is 2.19. The van der Waals surface area contributed by atoms with Crippen LogP contribution in [0.3, 0.4) is 0 Å². The molecular weight excluding hydrogens is 388 g/mol. The van der Waals surface area contributed by atoms with Gasteiger partial charge in [0.25, 0.3) is 0 Å². The van der Waals surface area contributed by atoms with Gasteiger partial charge in [0.2, 0.25) is 10.0 Å². The van der Waals surface area contributed by atoms with Crippen LogP contribution in [-0.2, 0) is 15.8 Å². The summed E-state index contributed by atoms with van der Waals surface area (Å²) in [6.07, 6.45) is 0. The fraction of sp³-hybridized carbons (Fsp3) is 0.500. The maximum absolute atomic E-state index is 12.7. The highest BCUT2D eigenvalue weighted by Gasteiger charge is 2.28. The van der Waals surface area contributed by atoms with E-state index >= 15 is 0 Å². The van der Waals surface area contributed by atoms with Crippen molar-refractivity contribution in [3.63, 3.8) is 0 Å². The van der Waals surface area contributed by atoms with E-state index in [2.05, 4.69) is 31.9 Å². The van der Waals surface area contributed by atoms with Crippen LogP contribution in [0, 0.1) is 0 Å². The van der Waals surface area contributed by atoms with E-state index < -0.39 is 10.0 Å². The molecule has 0 atom stereocenters. The SMILES string of the molecule is CN1CCN(c2ccc(N3CCN(S(=O)(=O)Cc4ccccc4)CC3)nn2)CC1. The molecule has 2 fully saturated rings. The van der Waals surface area contributed by atoms with Gasteiger partial charge in [-0.2, -0.15) is 4.31 Å². The number of hydrogen-bond donors (Lipinski definition) is 0. The van der Waals surface area contributed by atoms with Gasteiger partial charge in [-0.3, -0.25) is 0 Å². The number of aromatic nitrogens is 2. The highest BCUT2D eigenvalue weighted by molar-refractivity contribution is 7.88. The van der Waals surface area contributed by atoms with Crippen LogP contribution in [0.4, 0.5) is 11.6 Å². The van der Waals surface area contributed by atoms with Gasteiger partial charge in [0, 0.05) is 52.4 Å². The Morgan fingerprint density at radius 1 is 0.759 bits per heavy atom. The summed E-state index contributed by atoms with van der Waals surface area (Å²) in [5.41, 5.74) is 0.820. The Labute approximate surface area is 172 Å². The summed E-state index contributed by atoms with van der Waals surface area (Å²) in [5, 5.41) is 8.81. The van der Waals surface area contributed by atoms with Gasteiger partial charge >= 0.3 is 0 Å². The van der Waals surface area contributed by atoms with E-state index in [-0.39, 0.29) is 5.75 Å². The summed E-state index contributed by atoms with van der Waals surface area (Å²) in [7, 11) is -1.18. The Kier molecular flexibility index (Phi) is 5.98. The van der Waals surface area contributed by atoms with E-state index in [0.29, 0.717) is 26.2 Å². The summed E-state index contributed by atoms with van der Waals surface area (Å²) < 4.78 is 27.0. The van der Waals surface area contributed by atoms with E-state index in [1.807, 2.05) is 42.5 Å². The van der Waals surface area contributed by atoms with Gasteiger partial charge in [-0.1, -0.05) is 30.3 Å². The number of piperazine rings is 2. The summed E-state index contributed by atoms with van der Waals surface area (Å²) in [6, 6.07) is 13.4. The smallest absolute Gasteiger partial charge is 0.218 e. The first-order valence-electron chi connectivity index (χ1n) is 10.1. The van der Waals surface area contributed by atoms with E-state index in [0.717, 1.165) is 43.4 Å². The molecular formula is C20H28N6O2S. The molecule has 0 saturated carbocycles. The van der Waals surface area contributed by atoms with Crippen molar-refractivity contribution < 1.29 is 8.42 Å². The fourth-order valence-corrected chi connectivity index (χ4v) is 5.28. The van der Waals surface area contributed by atoms with E-state index in [9.17, 15) is 8.42 Å². The van der Waals surface area contributed by atoms with Gasteiger partial charge in [-0.05, 0) is 24.7 Å². The summed E-state index contributed by atoms with van der Waals surface area (Å²) in [4.78, 5) is 6.67. The Morgan fingerprint density at radius 2 is 1.28 bits per heavy atom. The first kappa shape index (κ1) is 20.1. The van der Waals surface area contributed by atoms with Gasteiger partial charge in [-0.25, -0.2) is 8.42 Å². The van der Waals surface area contributed by atoms with Gasteiger partial charge < -0.3 is 14.7 Å². The summed E-state index contributed by atoms with van der Waals surface area (Å²) in [6.45, 7) is 6.16. The van der Waals surface area contributed by atoms with Crippen LogP contribution in [0.1, 0.15) is 5.56 Å². The van der Waals surface area contributed by atoms with Gasteiger partial charge in [-0.15, -0.1) is 10.2 Å². The Bertz CT molecular complexity index is 890. The number of sulfonamides is 1. The maximum atomic E-state index is 12.7. The molecule has 2 aliphatic heterocycles. The van der Waals surface area contributed by atoms with Crippen LogP contribution in [0.5, 0.6) is 0 Å². The third kappa shape index (κ3) is 4.85. The molecule has 1 aromatic carbocycles. The lowest BCUT2D eigenvalue weighted by Crippen LogP contribution is -2.49. The molecule has 29 heavy (non-hydrogen) atoms. The number of likely N-dealkylation sites (N-methyl/N-ethyl adjacent to an activating group) is 1. The van der Waals surface area contributed by atoms with E-state index in [1.54, 1.807) is 4.31 Å². The van der Waals surface area contributed by atoms with Crippen molar-refractivity contribution in [3.05, 3.63) is 48.0 Å².